The monoisotopic (exact) mass is 518 g/mol. The first-order valence-corrected chi connectivity index (χ1v) is 8.42. The molecule has 2 aromatic rings. The number of nitrogens with one attached hydrogen (secondary N) is 2. The van der Waals surface area contributed by atoms with Gasteiger partial charge in [-0.05, 0) is 18.9 Å². The molecule has 0 saturated carbocycles. The average Bonchev–Trinajstić information content (AvgIpc) is 3.24. The molecule has 12 heteroatoms. The molecule has 0 aromatic carbocycles. The molecule has 150 valence electrons. The number of rotatable bonds is 4. The number of aliphatic imine (C=N–C) groups is 1. The molecule has 1 unspecified atom stereocenters. The molecule has 2 N–H and O–H groups in total. The SMILES string of the molecule is CN=C(NCc1nnc2c(Cl)cc(C(F)(F)F)cn12)NCC1CCCO1.I. The van der Waals surface area contributed by atoms with Gasteiger partial charge in [-0.15, -0.1) is 34.2 Å². The molecule has 1 atom stereocenters. The summed E-state index contributed by atoms with van der Waals surface area (Å²) in [6.07, 6.45) is -1.42. The molecule has 0 radical (unpaired) electrons. The lowest BCUT2D eigenvalue weighted by Crippen LogP contribution is -2.40. The van der Waals surface area contributed by atoms with E-state index in [9.17, 15) is 13.2 Å². The number of halogens is 5. The number of pyridine rings is 1. The molecule has 3 rings (SSSR count). The van der Waals surface area contributed by atoms with Crippen molar-refractivity contribution in [2.45, 2.75) is 31.7 Å². The topological polar surface area (TPSA) is 75.8 Å². The third kappa shape index (κ3) is 5.35. The maximum Gasteiger partial charge on any atom is 0.417 e. The van der Waals surface area contributed by atoms with E-state index in [1.54, 1.807) is 7.05 Å². The molecule has 0 bridgehead atoms. The van der Waals surface area contributed by atoms with Crippen molar-refractivity contribution in [2.75, 3.05) is 20.2 Å². The van der Waals surface area contributed by atoms with Crippen LogP contribution in [0.3, 0.4) is 0 Å². The minimum Gasteiger partial charge on any atom is -0.376 e. The Hall–Kier alpha value is -1.34. The van der Waals surface area contributed by atoms with Crippen molar-refractivity contribution in [3.63, 3.8) is 0 Å². The fraction of sp³-hybridized carbons (Fsp3) is 0.533. The van der Waals surface area contributed by atoms with Crippen LogP contribution in [-0.4, -0.2) is 46.9 Å². The zero-order valence-electron chi connectivity index (χ0n) is 14.4. The Kier molecular flexibility index (Phi) is 7.51. The van der Waals surface area contributed by atoms with Gasteiger partial charge in [-0.1, -0.05) is 11.6 Å². The van der Waals surface area contributed by atoms with Crippen molar-refractivity contribution in [3.8, 4) is 0 Å². The quantitative estimate of drug-likeness (QED) is 0.370. The summed E-state index contributed by atoms with van der Waals surface area (Å²) in [5.41, 5.74) is -0.698. The lowest BCUT2D eigenvalue weighted by Gasteiger charge is -2.14. The Bertz CT molecular complexity index is 807. The summed E-state index contributed by atoms with van der Waals surface area (Å²) in [7, 11) is 1.60. The molecule has 7 nitrogen and oxygen atoms in total. The highest BCUT2D eigenvalue weighted by atomic mass is 127. The Labute approximate surface area is 175 Å². The summed E-state index contributed by atoms with van der Waals surface area (Å²) in [6.45, 7) is 1.49. The lowest BCUT2D eigenvalue weighted by molar-refractivity contribution is -0.137. The van der Waals surface area contributed by atoms with Crippen LogP contribution in [0.5, 0.6) is 0 Å². The van der Waals surface area contributed by atoms with Gasteiger partial charge in [0.05, 0.1) is 23.2 Å². The third-order valence-corrected chi connectivity index (χ3v) is 4.29. The number of hydrogen-bond acceptors (Lipinski definition) is 4. The highest BCUT2D eigenvalue weighted by molar-refractivity contribution is 14.0. The molecule has 3 heterocycles. The Morgan fingerprint density at radius 2 is 2.19 bits per heavy atom. The fourth-order valence-electron chi connectivity index (χ4n) is 2.67. The number of alkyl halides is 3. The first kappa shape index (κ1) is 22.0. The smallest absolute Gasteiger partial charge is 0.376 e. The van der Waals surface area contributed by atoms with Crippen molar-refractivity contribution >= 4 is 47.2 Å². The maximum absolute atomic E-state index is 13.0. The number of aromatic nitrogens is 3. The lowest BCUT2D eigenvalue weighted by atomic mass is 10.2. The molecule has 0 amide bonds. The number of hydrogen-bond donors (Lipinski definition) is 2. The van der Waals surface area contributed by atoms with E-state index >= 15 is 0 Å². The molecule has 0 aliphatic carbocycles. The zero-order chi connectivity index (χ0) is 18.7. The maximum atomic E-state index is 13.0. The van der Waals surface area contributed by atoms with Crippen molar-refractivity contribution in [2.24, 2.45) is 4.99 Å². The number of fused-ring (bicyclic) bond motifs is 1. The molecule has 2 aromatic heterocycles. The van der Waals surface area contributed by atoms with Crippen LogP contribution in [0.15, 0.2) is 17.3 Å². The van der Waals surface area contributed by atoms with E-state index in [1.165, 1.54) is 4.40 Å². The standard InChI is InChI=1S/C15H18ClF3N6O.HI/c1-20-14(21-6-10-3-2-4-26-10)22-7-12-23-24-13-11(16)5-9(8-25(12)13)15(17,18)19;/h5,8,10H,2-4,6-7H2,1H3,(H2,20,21,22);1H. The van der Waals surface area contributed by atoms with E-state index in [0.29, 0.717) is 12.5 Å². The predicted octanol–water partition coefficient (Wildman–Crippen LogP) is 2.86. The predicted molar refractivity (Wildman–Crippen MR) is 106 cm³/mol. The number of guanidine groups is 1. The van der Waals surface area contributed by atoms with Crippen LogP contribution < -0.4 is 10.6 Å². The van der Waals surface area contributed by atoms with Crippen LogP contribution in [0.1, 0.15) is 24.2 Å². The number of nitrogens with zero attached hydrogens (tertiary/aromatic N) is 4. The van der Waals surface area contributed by atoms with Crippen molar-refractivity contribution in [3.05, 3.63) is 28.7 Å². The van der Waals surface area contributed by atoms with E-state index in [4.69, 9.17) is 16.3 Å². The Balaban J connectivity index is 0.00000261. The van der Waals surface area contributed by atoms with Crippen LogP contribution in [0.2, 0.25) is 5.02 Å². The number of ether oxygens (including phenoxy) is 1. The molecule has 1 aliphatic heterocycles. The van der Waals surface area contributed by atoms with E-state index < -0.39 is 11.7 Å². The van der Waals surface area contributed by atoms with Crippen LogP contribution >= 0.6 is 35.6 Å². The van der Waals surface area contributed by atoms with E-state index in [2.05, 4.69) is 25.8 Å². The molecule has 27 heavy (non-hydrogen) atoms. The fourth-order valence-corrected chi connectivity index (χ4v) is 2.92. The van der Waals surface area contributed by atoms with Gasteiger partial charge in [-0.2, -0.15) is 13.2 Å². The van der Waals surface area contributed by atoms with Crippen molar-refractivity contribution < 1.29 is 17.9 Å². The summed E-state index contributed by atoms with van der Waals surface area (Å²) in [5.74, 6) is 0.781. The van der Waals surface area contributed by atoms with Crippen molar-refractivity contribution in [1.82, 2.24) is 25.2 Å². The van der Waals surface area contributed by atoms with Gasteiger partial charge in [0.25, 0.3) is 0 Å². The van der Waals surface area contributed by atoms with Gasteiger partial charge in [-0.3, -0.25) is 9.39 Å². The second-order valence-corrected chi connectivity index (χ2v) is 6.23. The van der Waals surface area contributed by atoms with Gasteiger partial charge in [0.15, 0.2) is 17.4 Å². The highest BCUT2D eigenvalue weighted by Gasteiger charge is 2.32. The van der Waals surface area contributed by atoms with Crippen LogP contribution in [0.25, 0.3) is 5.65 Å². The average molecular weight is 519 g/mol. The summed E-state index contributed by atoms with van der Waals surface area (Å²) in [4.78, 5) is 4.08. The Morgan fingerprint density at radius 1 is 1.41 bits per heavy atom. The third-order valence-electron chi connectivity index (χ3n) is 4.02. The Morgan fingerprint density at radius 3 is 2.81 bits per heavy atom. The van der Waals surface area contributed by atoms with Gasteiger partial charge in [0, 0.05) is 26.4 Å². The van der Waals surface area contributed by atoms with Crippen molar-refractivity contribution in [1.29, 1.82) is 0 Å². The molecule has 1 aliphatic rings. The van der Waals surface area contributed by atoms with Gasteiger partial charge < -0.3 is 15.4 Å². The molecular formula is C15H19ClF3IN6O. The van der Waals surface area contributed by atoms with Crippen LogP contribution in [0.4, 0.5) is 13.2 Å². The van der Waals surface area contributed by atoms with Crippen LogP contribution in [-0.2, 0) is 17.5 Å². The van der Waals surface area contributed by atoms with Gasteiger partial charge in [0.1, 0.15) is 0 Å². The molecule has 1 saturated heterocycles. The van der Waals surface area contributed by atoms with Gasteiger partial charge in [0.2, 0.25) is 0 Å². The second-order valence-electron chi connectivity index (χ2n) is 5.83. The summed E-state index contributed by atoms with van der Waals surface area (Å²) >= 11 is 5.90. The summed E-state index contributed by atoms with van der Waals surface area (Å²) < 4.78 is 45.7. The first-order valence-electron chi connectivity index (χ1n) is 8.05. The molecule has 0 spiro atoms. The van der Waals surface area contributed by atoms with Gasteiger partial charge >= 0.3 is 6.18 Å². The minimum absolute atomic E-state index is 0. The second kappa shape index (κ2) is 9.24. The van der Waals surface area contributed by atoms with Gasteiger partial charge in [-0.25, -0.2) is 0 Å². The summed E-state index contributed by atoms with van der Waals surface area (Å²) in [6, 6.07) is 0.838. The largest absolute Gasteiger partial charge is 0.417 e. The summed E-state index contributed by atoms with van der Waals surface area (Å²) in [5, 5.41) is 13.8. The van der Waals surface area contributed by atoms with E-state index in [1.807, 2.05) is 0 Å². The van der Waals surface area contributed by atoms with E-state index in [-0.39, 0.29) is 53.1 Å². The normalized spacial score (nSPS) is 17.8. The zero-order valence-corrected chi connectivity index (χ0v) is 17.5. The first-order chi connectivity index (χ1) is 12.4. The van der Waals surface area contributed by atoms with E-state index in [0.717, 1.165) is 31.7 Å². The highest BCUT2D eigenvalue weighted by Crippen LogP contribution is 2.32. The minimum atomic E-state index is -4.51. The molecular weight excluding hydrogens is 500 g/mol. The molecule has 1 fully saturated rings. The van der Waals surface area contributed by atoms with Crippen LogP contribution in [0, 0.1) is 0 Å².